The summed E-state index contributed by atoms with van der Waals surface area (Å²) >= 11 is 0. The third kappa shape index (κ3) is 7.75. The Bertz CT molecular complexity index is 1060. The molecule has 0 heterocycles. The molecule has 1 amide bonds. The van der Waals surface area contributed by atoms with Gasteiger partial charge in [0.2, 0.25) is 0 Å². The highest BCUT2D eigenvalue weighted by molar-refractivity contribution is 5.99. The molecule has 2 atom stereocenters. The van der Waals surface area contributed by atoms with Crippen LogP contribution in [-0.4, -0.2) is 36.9 Å². The number of ether oxygens (including phenoxy) is 1. The summed E-state index contributed by atoms with van der Waals surface area (Å²) in [5.41, 5.74) is 1.83. The van der Waals surface area contributed by atoms with Crippen molar-refractivity contribution in [2.45, 2.75) is 51.7 Å². The Morgan fingerprint density at radius 3 is 2.19 bits per heavy atom. The van der Waals surface area contributed by atoms with E-state index >= 15 is 0 Å². The van der Waals surface area contributed by atoms with Gasteiger partial charge in [-0.3, -0.25) is 9.59 Å². The van der Waals surface area contributed by atoms with Crippen LogP contribution in [0.4, 0.5) is 0 Å². The monoisotopic (exact) mass is 488 g/mol. The van der Waals surface area contributed by atoms with Crippen molar-refractivity contribution >= 4 is 17.7 Å². The van der Waals surface area contributed by atoms with E-state index in [0.29, 0.717) is 17.7 Å². The van der Waals surface area contributed by atoms with E-state index in [-0.39, 0.29) is 24.2 Å². The van der Waals surface area contributed by atoms with E-state index < -0.39 is 18.1 Å². The average molecular weight is 489 g/mol. The number of esters is 1. The summed E-state index contributed by atoms with van der Waals surface area (Å²) in [6, 6.07) is 16.9. The molecule has 0 bridgehead atoms. The summed E-state index contributed by atoms with van der Waals surface area (Å²) in [5.74, 6) is -0.726. The van der Waals surface area contributed by atoms with Crippen LogP contribution in [-0.2, 0) is 14.3 Å². The first-order chi connectivity index (χ1) is 17.5. The Morgan fingerprint density at radius 1 is 0.917 bits per heavy atom. The maximum absolute atomic E-state index is 13.5. The number of allylic oxidation sites excluding steroid dienone is 3. The van der Waals surface area contributed by atoms with Gasteiger partial charge in [-0.25, -0.2) is 4.79 Å². The Morgan fingerprint density at radius 2 is 1.58 bits per heavy atom. The molecule has 36 heavy (non-hydrogen) atoms. The molecule has 0 aliphatic heterocycles. The molecule has 190 valence electrons. The van der Waals surface area contributed by atoms with Gasteiger partial charge in [-0.05, 0) is 49.3 Å². The lowest BCUT2D eigenvalue weighted by molar-refractivity contribution is -0.154. The fourth-order valence-corrected chi connectivity index (χ4v) is 4.31. The number of carbonyl (C=O) groups is 3. The lowest BCUT2D eigenvalue weighted by atomic mass is 9.96. The van der Waals surface area contributed by atoms with Crippen molar-refractivity contribution in [1.82, 2.24) is 10.6 Å². The molecule has 2 aromatic rings. The number of benzene rings is 2. The zero-order valence-corrected chi connectivity index (χ0v) is 21.1. The van der Waals surface area contributed by atoms with E-state index in [4.69, 9.17) is 4.74 Å². The second-order valence-corrected chi connectivity index (χ2v) is 8.93. The number of rotatable bonds is 13. The maximum atomic E-state index is 13.5. The van der Waals surface area contributed by atoms with Crippen LogP contribution >= 0.6 is 0 Å². The zero-order chi connectivity index (χ0) is 25.8. The third-order valence-corrected chi connectivity index (χ3v) is 6.47. The molecule has 2 aromatic carbocycles. The number of nitrogens with one attached hydrogen (secondary N) is 2. The summed E-state index contributed by atoms with van der Waals surface area (Å²) in [5, 5.41) is 6.04. The van der Waals surface area contributed by atoms with Gasteiger partial charge < -0.3 is 15.4 Å². The van der Waals surface area contributed by atoms with Gasteiger partial charge in [0.05, 0.1) is 6.54 Å². The summed E-state index contributed by atoms with van der Waals surface area (Å²) in [6.45, 7) is 4.65. The van der Waals surface area contributed by atoms with Crippen LogP contribution in [0, 0.1) is 5.92 Å². The number of ketones is 1. The molecule has 6 heteroatoms. The number of Topliss-reactive ketones (excluding diaryl/α,β-unsaturated/α-hetero) is 1. The first kappa shape index (κ1) is 27.1. The normalized spacial score (nSPS) is 14.6. The summed E-state index contributed by atoms with van der Waals surface area (Å²) in [7, 11) is 0. The number of hydrogen-bond acceptors (Lipinski definition) is 5. The van der Waals surface area contributed by atoms with Gasteiger partial charge in [0, 0.05) is 17.7 Å². The lowest BCUT2D eigenvalue weighted by Gasteiger charge is -2.28. The molecule has 1 aliphatic carbocycles. The minimum Gasteiger partial charge on any atom is -0.459 e. The summed E-state index contributed by atoms with van der Waals surface area (Å²) in [4.78, 5) is 38.9. The van der Waals surface area contributed by atoms with Crippen LogP contribution in [0.1, 0.15) is 61.5 Å². The standard InChI is InChI=1S/C30H36N2O4/c1-3-22(4-2)27(21-31-20-26(33)23-14-8-5-9-15-23)36-30(35)28(24-16-10-6-11-17-24)32-29(34)25-18-12-7-13-19-25/h6-8,10-19,22,27-28,31H,3-5,9,20-21H2,1-2H3,(H,32,34)/t27-,28?/m0/s1. The van der Waals surface area contributed by atoms with Gasteiger partial charge in [-0.15, -0.1) is 0 Å². The Hall–Kier alpha value is -3.51. The first-order valence-corrected chi connectivity index (χ1v) is 12.7. The smallest absolute Gasteiger partial charge is 0.333 e. The Labute approximate surface area is 213 Å². The average Bonchev–Trinajstić information content (AvgIpc) is 2.93. The quantitative estimate of drug-likeness (QED) is 0.390. The van der Waals surface area contributed by atoms with Gasteiger partial charge in [0.15, 0.2) is 11.8 Å². The highest BCUT2D eigenvalue weighted by Crippen LogP contribution is 2.21. The van der Waals surface area contributed by atoms with E-state index in [0.717, 1.165) is 31.3 Å². The van der Waals surface area contributed by atoms with Gasteiger partial charge in [0.25, 0.3) is 5.91 Å². The number of amides is 1. The van der Waals surface area contributed by atoms with Gasteiger partial charge in [0.1, 0.15) is 6.10 Å². The van der Waals surface area contributed by atoms with Crippen molar-refractivity contribution in [2.24, 2.45) is 5.92 Å². The largest absolute Gasteiger partial charge is 0.459 e. The molecule has 1 unspecified atom stereocenters. The molecular formula is C30H36N2O4. The van der Waals surface area contributed by atoms with Crippen molar-refractivity contribution in [3.8, 4) is 0 Å². The van der Waals surface area contributed by atoms with Gasteiger partial charge >= 0.3 is 5.97 Å². The SMILES string of the molecule is CCC(CC)[C@H](CNCC(=O)C1=CCCC=C1)OC(=O)C(NC(=O)c1ccccc1)c1ccccc1. The third-order valence-electron chi connectivity index (χ3n) is 6.47. The molecule has 0 fully saturated rings. The van der Waals surface area contributed by atoms with Crippen LogP contribution in [0.2, 0.25) is 0 Å². The summed E-state index contributed by atoms with van der Waals surface area (Å²) in [6.07, 6.45) is 8.88. The van der Waals surface area contributed by atoms with Crippen molar-refractivity contribution in [1.29, 1.82) is 0 Å². The fraction of sp³-hybridized carbons (Fsp3) is 0.367. The molecular weight excluding hydrogens is 452 g/mol. The van der Waals surface area contributed by atoms with E-state index in [1.807, 2.05) is 42.5 Å². The van der Waals surface area contributed by atoms with E-state index in [1.165, 1.54) is 0 Å². The lowest BCUT2D eigenvalue weighted by Crippen LogP contribution is -2.42. The minimum absolute atomic E-state index is 0.0258. The van der Waals surface area contributed by atoms with Gasteiger partial charge in [-0.2, -0.15) is 0 Å². The van der Waals surface area contributed by atoms with Crippen LogP contribution in [0.5, 0.6) is 0 Å². The topological polar surface area (TPSA) is 84.5 Å². The van der Waals surface area contributed by atoms with E-state index in [9.17, 15) is 14.4 Å². The van der Waals surface area contributed by atoms with Crippen LogP contribution in [0.15, 0.2) is 84.5 Å². The fourth-order valence-electron chi connectivity index (χ4n) is 4.31. The van der Waals surface area contributed by atoms with Crippen LogP contribution in [0.3, 0.4) is 0 Å². The molecule has 0 saturated carbocycles. The van der Waals surface area contributed by atoms with E-state index in [2.05, 4.69) is 24.5 Å². The number of hydrogen-bond donors (Lipinski definition) is 2. The first-order valence-electron chi connectivity index (χ1n) is 12.7. The minimum atomic E-state index is -0.949. The molecule has 3 rings (SSSR count). The van der Waals surface area contributed by atoms with Crippen LogP contribution < -0.4 is 10.6 Å². The summed E-state index contributed by atoms with van der Waals surface area (Å²) < 4.78 is 6.02. The van der Waals surface area contributed by atoms with E-state index in [1.54, 1.807) is 36.4 Å². The Kier molecular flexibility index (Phi) is 10.6. The molecule has 1 aliphatic rings. The van der Waals surface area contributed by atoms with Crippen LogP contribution in [0.25, 0.3) is 0 Å². The molecule has 0 saturated heterocycles. The number of carbonyl (C=O) groups excluding carboxylic acids is 3. The molecule has 6 nitrogen and oxygen atoms in total. The van der Waals surface area contributed by atoms with Crippen molar-refractivity contribution < 1.29 is 19.1 Å². The van der Waals surface area contributed by atoms with Crippen molar-refractivity contribution in [3.63, 3.8) is 0 Å². The molecule has 2 N–H and O–H groups in total. The zero-order valence-electron chi connectivity index (χ0n) is 21.1. The second-order valence-electron chi connectivity index (χ2n) is 8.93. The predicted octanol–water partition coefficient (Wildman–Crippen LogP) is 4.94. The maximum Gasteiger partial charge on any atom is 0.333 e. The highest BCUT2D eigenvalue weighted by Gasteiger charge is 2.30. The van der Waals surface area contributed by atoms with Crippen molar-refractivity contribution in [3.05, 3.63) is 95.6 Å². The van der Waals surface area contributed by atoms with Crippen molar-refractivity contribution in [2.75, 3.05) is 13.1 Å². The highest BCUT2D eigenvalue weighted by atomic mass is 16.5. The molecule has 0 radical (unpaired) electrons. The Balaban J connectivity index is 1.71. The second kappa shape index (κ2) is 14.1. The molecule has 0 aromatic heterocycles. The molecule has 0 spiro atoms. The van der Waals surface area contributed by atoms with Gasteiger partial charge in [-0.1, -0.05) is 80.6 Å². The predicted molar refractivity (Wildman–Crippen MR) is 141 cm³/mol.